The molecule has 0 aliphatic carbocycles. The van der Waals surface area contributed by atoms with E-state index in [4.69, 9.17) is 4.42 Å². The SMILES string of the molecule is Cc1nc(C)c(C(=O)N2CCC3CCC(C2)N3C(C)C)o1. The second-order valence-corrected chi connectivity index (χ2v) is 6.61. The molecule has 116 valence electrons. The Bertz CT molecular complexity index is 538. The van der Waals surface area contributed by atoms with Crippen LogP contribution in [0.4, 0.5) is 0 Å². The van der Waals surface area contributed by atoms with E-state index in [0.717, 1.165) is 19.5 Å². The van der Waals surface area contributed by atoms with E-state index in [2.05, 4.69) is 23.7 Å². The van der Waals surface area contributed by atoms with Gasteiger partial charge in [-0.3, -0.25) is 9.69 Å². The fraction of sp³-hybridized carbons (Fsp3) is 0.750. The molecule has 3 heterocycles. The number of aryl methyl sites for hydroxylation is 2. The molecular formula is C16H25N3O2. The number of nitrogens with zero attached hydrogens (tertiary/aromatic N) is 3. The summed E-state index contributed by atoms with van der Waals surface area (Å²) in [5.41, 5.74) is 0.702. The molecule has 2 unspecified atom stereocenters. The highest BCUT2D eigenvalue weighted by molar-refractivity contribution is 5.92. The van der Waals surface area contributed by atoms with Gasteiger partial charge < -0.3 is 9.32 Å². The van der Waals surface area contributed by atoms with Gasteiger partial charge in [-0.2, -0.15) is 0 Å². The molecule has 5 nitrogen and oxygen atoms in total. The second-order valence-electron chi connectivity index (χ2n) is 6.61. The van der Waals surface area contributed by atoms with E-state index in [1.807, 2.05) is 11.8 Å². The Labute approximate surface area is 126 Å². The van der Waals surface area contributed by atoms with Crippen molar-refractivity contribution in [1.29, 1.82) is 0 Å². The Morgan fingerprint density at radius 1 is 1.24 bits per heavy atom. The van der Waals surface area contributed by atoms with Crippen LogP contribution in [0.15, 0.2) is 4.42 Å². The third kappa shape index (κ3) is 2.59. The summed E-state index contributed by atoms with van der Waals surface area (Å²) in [6, 6.07) is 1.67. The largest absolute Gasteiger partial charge is 0.436 e. The van der Waals surface area contributed by atoms with E-state index in [1.165, 1.54) is 12.8 Å². The van der Waals surface area contributed by atoms with Gasteiger partial charge in [0.2, 0.25) is 5.76 Å². The van der Waals surface area contributed by atoms with E-state index in [-0.39, 0.29) is 5.91 Å². The van der Waals surface area contributed by atoms with Crippen LogP contribution in [-0.2, 0) is 0 Å². The van der Waals surface area contributed by atoms with Crippen LogP contribution in [0.3, 0.4) is 0 Å². The van der Waals surface area contributed by atoms with Gasteiger partial charge in [0.1, 0.15) is 0 Å². The fourth-order valence-corrected chi connectivity index (χ4v) is 4.01. The molecule has 2 saturated heterocycles. The summed E-state index contributed by atoms with van der Waals surface area (Å²) in [6.45, 7) is 9.78. The topological polar surface area (TPSA) is 49.6 Å². The van der Waals surface area contributed by atoms with Crippen LogP contribution >= 0.6 is 0 Å². The summed E-state index contributed by atoms with van der Waals surface area (Å²) in [4.78, 5) is 21.5. The predicted octanol–water partition coefficient (Wildman–Crippen LogP) is 2.38. The first-order valence-corrected chi connectivity index (χ1v) is 7.98. The normalized spacial score (nSPS) is 26.4. The third-order valence-corrected chi connectivity index (χ3v) is 4.82. The molecule has 2 bridgehead atoms. The standard InChI is InChI=1S/C16H25N3O2/c1-10(2)19-13-5-6-14(19)9-18(8-7-13)16(20)15-11(3)17-12(4)21-15/h10,13-14H,5-9H2,1-4H3. The molecule has 1 amide bonds. The van der Waals surface area contributed by atoms with E-state index >= 15 is 0 Å². The Kier molecular flexibility index (Phi) is 3.78. The number of likely N-dealkylation sites (tertiary alicyclic amines) is 1. The summed E-state index contributed by atoms with van der Waals surface area (Å²) in [7, 11) is 0. The molecule has 2 fully saturated rings. The molecule has 1 aromatic rings. The quantitative estimate of drug-likeness (QED) is 0.839. The van der Waals surface area contributed by atoms with Crippen molar-refractivity contribution < 1.29 is 9.21 Å². The summed E-state index contributed by atoms with van der Waals surface area (Å²) >= 11 is 0. The van der Waals surface area contributed by atoms with Gasteiger partial charge in [-0.05, 0) is 40.0 Å². The monoisotopic (exact) mass is 291 g/mol. The molecular weight excluding hydrogens is 266 g/mol. The van der Waals surface area contributed by atoms with E-state index in [9.17, 15) is 4.79 Å². The van der Waals surface area contributed by atoms with Crippen LogP contribution < -0.4 is 0 Å². The van der Waals surface area contributed by atoms with Crippen LogP contribution in [0.5, 0.6) is 0 Å². The highest BCUT2D eigenvalue weighted by atomic mass is 16.4. The van der Waals surface area contributed by atoms with Gasteiger partial charge in [0.15, 0.2) is 5.89 Å². The summed E-state index contributed by atoms with van der Waals surface area (Å²) < 4.78 is 5.51. The van der Waals surface area contributed by atoms with E-state index in [1.54, 1.807) is 6.92 Å². The lowest BCUT2D eigenvalue weighted by atomic mass is 10.1. The minimum absolute atomic E-state index is 0.00403. The first-order chi connectivity index (χ1) is 9.97. The van der Waals surface area contributed by atoms with Crippen LogP contribution in [-0.4, -0.2) is 51.9 Å². The number of hydrogen-bond donors (Lipinski definition) is 0. The number of amides is 1. The first-order valence-electron chi connectivity index (χ1n) is 7.98. The predicted molar refractivity (Wildman–Crippen MR) is 80.3 cm³/mol. The lowest BCUT2D eigenvalue weighted by Crippen LogP contribution is -2.44. The van der Waals surface area contributed by atoms with Crippen LogP contribution in [0.2, 0.25) is 0 Å². The maximum Gasteiger partial charge on any atom is 0.291 e. The molecule has 0 aromatic carbocycles. The van der Waals surface area contributed by atoms with E-state index < -0.39 is 0 Å². The molecule has 2 aliphatic heterocycles. The zero-order valence-corrected chi connectivity index (χ0v) is 13.4. The summed E-state index contributed by atoms with van der Waals surface area (Å²) in [5, 5.41) is 0. The number of fused-ring (bicyclic) bond motifs is 2. The van der Waals surface area contributed by atoms with Crippen molar-refractivity contribution in [1.82, 2.24) is 14.8 Å². The van der Waals surface area contributed by atoms with Gasteiger partial charge in [0.05, 0.1) is 5.69 Å². The zero-order chi connectivity index (χ0) is 15.1. The van der Waals surface area contributed by atoms with Crippen molar-refractivity contribution in [3.63, 3.8) is 0 Å². The number of aromatic nitrogens is 1. The molecule has 1 aromatic heterocycles. The zero-order valence-electron chi connectivity index (χ0n) is 13.4. The van der Waals surface area contributed by atoms with Gasteiger partial charge in [-0.15, -0.1) is 0 Å². The maximum atomic E-state index is 12.7. The van der Waals surface area contributed by atoms with Crippen molar-refractivity contribution in [2.24, 2.45) is 0 Å². The Morgan fingerprint density at radius 2 is 1.95 bits per heavy atom. The molecule has 21 heavy (non-hydrogen) atoms. The van der Waals surface area contributed by atoms with Crippen LogP contribution in [0, 0.1) is 13.8 Å². The lowest BCUT2D eigenvalue weighted by molar-refractivity contribution is 0.0694. The number of hydrogen-bond acceptors (Lipinski definition) is 4. The Morgan fingerprint density at radius 3 is 2.57 bits per heavy atom. The Balaban J connectivity index is 1.79. The number of rotatable bonds is 2. The molecule has 2 atom stereocenters. The average molecular weight is 291 g/mol. The van der Waals surface area contributed by atoms with Gasteiger partial charge in [-0.1, -0.05) is 0 Å². The number of carbonyl (C=O) groups is 1. The minimum atomic E-state index is 0.00403. The molecule has 2 aliphatic rings. The smallest absolute Gasteiger partial charge is 0.291 e. The molecule has 0 N–H and O–H groups in total. The molecule has 0 saturated carbocycles. The van der Waals surface area contributed by atoms with Gasteiger partial charge in [0.25, 0.3) is 5.91 Å². The van der Waals surface area contributed by atoms with E-state index in [0.29, 0.717) is 35.5 Å². The first kappa shape index (κ1) is 14.6. The molecule has 3 rings (SSSR count). The van der Waals surface area contributed by atoms with Crippen molar-refractivity contribution >= 4 is 5.91 Å². The van der Waals surface area contributed by atoms with Gasteiger partial charge >= 0.3 is 0 Å². The maximum absolute atomic E-state index is 12.7. The summed E-state index contributed by atoms with van der Waals surface area (Å²) in [5.74, 6) is 0.988. The van der Waals surface area contributed by atoms with Crippen molar-refractivity contribution in [2.45, 2.75) is 65.1 Å². The van der Waals surface area contributed by atoms with Crippen molar-refractivity contribution in [3.8, 4) is 0 Å². The highest BCUT2D eigenvalue weighted by Crippen LogP contribution is 2.32. The highest BCUT2D eigenvalue weighted by Gasteiger charge is 2.40. The lowest BCUT2D eigenvalue weighted by Gasteiger charge is -2.32. The van der Waals surface area contributed by atoms with Crippen LogP contribution in [0.1, 0.15) is 55.2 Å². The molecule has 0 radical (unpaired) electrons. The molecule has 0 spiro atoms. The van der Waals surface area contributed by atoms with Crippen molar-refractivity contribution in [3.05, 3.63) is 17.3 Å². The number of oxazole rings is 1. The summed E-state index contributed by atoms with van der Waals surface area (Å²) in [6.07, 6.45) is 3.53. The van der Waals surface area contributed by atoms with Gasteiger partial charge in [0, 0.05) is 38.1 Å². The fourth-order valence-electron chi connectivity index (χ4n) is 4.01. The van der Waals surface area contributed by atoms with Gasteiger partial charge in [-0.25, -0.2) is 4.98 Å². The van der Waals surface area contributed by atoms with Crippen molar-refractivity contribution in [2.75, 3.05) is 13.1 Å². The second kappa shape index (κ2) is 5.44. The Hall–Kier alpha value is -1.36. The molecule has 5 heteroatoms. The number of carbonyl (C=O) groups excluding carboxylic acids is 1. The minimum Gasteiger partial charge on any atom is -0.436 e. The average Bonchev–Trinajstić information content (AvgIpc) is 2.87. The third-order valence-electron chi connectivity index (χ3n) is 4.82. The van der Waals surface area contributed by atoms with Crippen LogP contribution in [0.25, 0.3) is 0 Å².